The smallest absolute Gasteiger partial charge is 0.403 e. The summed E-state index contributed by atoms with van der Waals surface area (Å²) in [6, 6.07) is 12.2. The van der Waals surface area contributed by atoms with Crippen LogP contribution in [0.4, 0.5) is 0 Å². The molecular weight excluding hydrogens is 777 g/mol. The fourth-order valence-electron chi connectivity index (χ4n) is 9.17. The number of nitrogens with one attached hydrogen (secondary N) is 5. The van der Waals surface area contributed by atoms with E-state index in [-0.39, 0.29) is 30.9 Å². The number of aliphatic hydroxyl groups excluding tert-OH is 1. The van der Waals surface area contributed by atoms with E-state index in [4.69, 9.17) is 32.2 Å². The van der Waals surface area contributed by atoms with E-state index in [0.29, 0.717) is 37.8 Å². The Morgan fingerprint density at radius 2 is 1.43 bits per heavy atom. The molecule has 1 aliphatic heterocycles. The lowest BCUT2D eigenvalue weighted by atomic mass is 9.43. The van der Waals surface area contributed by atoms with E-state index < -0.39 is 72.8 Å². The van der Waals surface area contributed by atoms with E-state index in [2.05, 4.69) is 78.5 Å². The molecule has 1 unspecified atom stereocenters. The SMILES string of the molecule is CCCCc1ccc(-c2ccc(CN[C@@H](CCN)C(=O)N[C@H](C(=O)N[C@@H](N)C(=O)N[C@@H](CCCCN)C(=O)N[C@@H](N)B3OC4C[C@@H]5C[C@@H](C5(C)C)[C@]4(C)O3)[C@@H](C)O)cc2)cc1. The number of amides is 4. The zero-order valence-electron chi connectivity index (χ0n) is 36.6. The number of unbranched alkanes of at least 4 members (excludes halogenated alkanes) is 2. The number of carbonyl (C=O) groups excluding carboxylic acids is 4. The van der Waals surface area contributed by atoms with Crippen molar-refractivity contribution in [1.82, 2.24) is 26.6 Å². The quantitative estimate of drug-likeness (QED) is 0.0428. The molecule has 4 fully saturated rings. The van der Waals surface area contributed by atoms with E-state index in [1.807, 2.05) is 24.3 Å². The van der Waals surface area contributed by atoms with Crippen LogP contribution in [0.2, 0.25) is 0 Å². The fourth-order valence-corrected chi connectivity index (χ4v) is 9.17. The number of hydrogen-bond acceptors (Lipinski definition) is 12. The number of aryl methyl sites for hydroxylation is 1. The molecule has 16 nitrogen and oxygen atoms in total. The second-order valence-electron chi connectivity index (χ2n) is 17.9. The van der Waals surface area contributed by atoms with Crippen molar-refractivity contribution in [2.24, 2.45) is 40.2 Å². The number of rotatable bonds is 23. The van der Waals surface area contributed by atoms with Crippen molar-refractivity contribution < 1.29 is 33.6 Å². The van der Waals surface area contributed by atoms with E-state index in [1.54, 1.807) is 0 Å². The first-order valence-corrected chi connectivity index (χ1v) is 22.1. The normalized spacial score (nSPS) is 24.2. The number of benzene rings is 2. The lowest BCUT2D eigenvalue weighted by Gasteiger charge is -2.64. The third-order valence-corrected chi connectivity index (χ3v) is 13.2. The Morgan fingerprint density at radius 1 is 0.787 bits per heavy atom. The average Bonchev–Trinajstić information content (AvgIpc) is 3.61. The number of nitrogens with two attached hydrogens (primary N) is 4. The van der Waals surface area contributed by atoms with Crippen molar-refractivity contribution in [3.63, 3.8) is 0 Å². The van der Waals surface area contributed by atoms with Gasteiger partial charge in [-0.05, 0) is 118 Å². The van der Waals surface area contributed by atoms with Gasteiger partial charge in [-0.1, -0.05) is 75.7 Å². The third-order valence-electron chi connectivity index (χ3n) is 13.2. The Labute approximate surface area is 361 Å². The second-order valence-corrected chi connectivity index (χ2v) is 17.9. The molecule has 0 aromatic heterocycles. The molecule has 0 radical (unpaired) electrons. The summed E-state index contributed by atoms with van der Waals surface area (Å²) in [6.45, 7) is 11.0. The van der Waals surface area contributed by atoms with Gasteiger partial charge in [-0.25, -0.2) is 0 Å². The molecular formula is C44H70BN9O7. The van der Waals surface area contributed by atoms with Gasteiger partial charge in [0.15, 0.2) is 6.17 Å². The molecule has 4 amide bonds. The molecule has 14 N–H and O–H groups in total. The minimum atomic E-state index is -1.64. The molecule has 1 saturated heterocycles. The Balaban J connectivity index is 1.13. The topological polar surface area (TPSA) is 271 Å². The zero-order valence-corrected chi connectivity index (χ0v) is 36.6. The molecule has 3 saturated carbocycles. The summed E-state index contributed by atoms with van der Waals surface area (Å²) in [4.78, 5) is 53.8. The van der Waals surface area contributed by atoms with Crippen LogP contribution in [-0.2, 0) is 41.5 Å². The van der Waals surface area contributed by atoms with Gasteiger partial charge in [0.2, 0.25) is 17.7 Å². The van der Waals surface area contributed by atoms with E-state index in [0.717, 1.165) is 48.8 Å². The van der Waals surface area contributed by atoms with E-state index in [9.17, 15) is 24.3 Å². The van der Waals surface area contributed by atoms with Crippen molar-refractivity contribution >= 4 is 30.7 Å². The summed E-state index contributed by atoms with van der Waals surface area (Å²) >= 11 is 0. The Bertz CT molecular complexity index is 1790. The molecule has 3 aliphatic carbocycles. The van der Waals surface area contributed by atoms with Crippen LogP contribution in [0.15, 0.2) is 48.5 Å². The maximum absolute atomic E-state index is 13.6. The predicted molar refractivity (Wildman–Crippen MR) is 236 cm³/mol. The molecule has 336 valence electrons. The molecule has 10 atom stereocenters. The first kappa shape index (κ1) is 48.1. The van der Waals surface area contributed by atoms with Crippen molar-refractivity contribution in [3.8, 4) is 11.1 Å². The van der Waals surface area contributed by atoms with Gasteiger partial charge in [0.1, 0.15) is 18.1 Å². The highest BCUT2D eigenvalue weighted by atomic mass is 16.7. The van der Waals surface area contributed by atoms with E-state index >= 15 is 0 Å². The minimum Gasteiger partial charge on any atom is -0.403 e. The van der Waals surface area contributed by atoms with Crippen molar-refractivity contribution in [3.05, 3.63) is 59.7 Å². The van der Waals surface area contributed by atoms with Crippen LogP contribution in [0, 0.1) is 17.3 Å². The number of carbonyl (C=O) groups is 4. The van der Waals surface area contributed by atoms with Crippen LogP contribution >= 0.6 is 0 Å². The van der Waals surface area contributed by atoms with Crippen molar-refractivity contribution in [2.75, 3.05) is 13.1 Å². The Hall–Kier alpha value is -3.94. The van der Waals surface area contributed by atoms with Crippen molar-refractivity contribution in [1.29, 1.82) is 0 Å². The molecule has 1 heterocycles. The molecule has 61 heavy (non-hydrogen) atoms. The van der Waals surface area contributed by atoms with Crippen LogP contribution in [0.1, 0.15) is 97.1 Å². The minimum absolute atomic E-state index is 0.129. The summed E-state index contributed by atoms with van der Waals surface area (Å²) in [7, 11) is -0.876. The van der Waals surface area contributed by atoms with Gasteiger partial charge >= 0.3 is 7.12 Å². The fraction of sp³-hybridized carbons (Fsp3) is 0.636. The van der Waals surface area contributed by atoms with Crippen molar-refractivity contribution in [2.45, 2.75) is 147 Å². The summed E-state index contributed by atoms with van der Waals surface area (Å²) in [5.41, 5.74) is 28.1. The third kappa shape index (κ3) is 11.8. The highest BCUT2D eigenvalue weighted by Gasteiger charge is 2.68. The van der Waals surface area contributed by atoms with Crippen LogP contribution in [-0.4, -0.2) is 97.1 Å². The summed E-state index contributed by atoms with van der Waals surface area (Å²) in [5, 5.41) is 24.1. The zero-order chi connectivity index (χ0) is 44.5. The summed E-state index contributed by atoms with van der Waals surface area (Å²) < 4.78 is 12.6. The molecule has 17 heteroatoms. The van der Waals surface area contributed by atoms with E-state index in [1.165, 1.54) is 12.5 Å². The van der Waals surface area contributed by atoms with Gasteiger partial charge in [0.05, 0.1) is 23.9 Å². The lowest BCUT2D eigenvalue weighted by molar-refractivity contribution is -0.199. The van der Waals surface area contributed by atoms with Gasteiger partial charge < -0.3 is 63.9 Å². The molecule has 6 rings (SSSR count). The highest BCUT2D eigenvalue weighted by Crippen LogP contribution is 2.65. The highest BCUT2D eigenvalue weighted by molar-refractivity contribution is 6.47. The largest absolute Gasteiger partial charge is 0.497 e. The van der Waals surface area contributed by atoms with Gasteiger partial charge in [0.25, 0.3) is 5.91 Å². The molecule has 2 bridgehead atoms. The number of aliphatic hydroxyl groups is 1. The average molecular weight is 848 g/mol. The summed E-state index contributed by atoms with van der Waals surface area (Å²) in [5.74, 6) is -2.07. The van der Waals surface area contributed by atoms with Gasteiger partial charge in [-0.3, -0.25) is 19.2 Å². The van der Waals surface area contributed by atoms with Gasteiger partial charge in [0, 0.05) is 6.54 Å². The van der Waals surface area contributed by atoms with Crippen LogP contribution in [0.5, 0.6) is 0 Å². The Morgan fingerprint density at radius 3 is 2.02 bits per heavy atom. The molecule has 4 aliphatic rings. The van der Waals surface area contributed by atoms with Crippen LogP contribution in [0.3, 0.4) is 0 Å². The Kier molecular flexibility index (Phi) is 16.9. The second kappa shape index (κ2) is 21.4. The number of hydrogen-bond donors (Lipinski definition) is 10. The maximum Gasteiger partial charge on any atom is 0.497 e. The van der Waals surface area contributed by atoms with Crippen LogP contribution < -0.4 is 49.5 Å². The summed E-state index contributed by atoms with van der Waals surface area (Å²) in [6.07, 6.45) is 3.74. The lowest BCUT2D eigenvalue weighted by Crippen LogP contribution is -2.65. The standard InChI is InChI=1S/C44H70BN9O7/c1-6-7-10-27-12-16-29(17-13-27)30-18-14-28(15-19-30)25-50-32(20-22-47)38(56)52-36(26(2)55)40(58)53-37(48)41(59)51-33(11-8-9-21-46)39(57)54-42(49)45-60-35-24-31-23-34(43(31,3)4)44(35,5)61-45/h12-19,26,31-37,42,50,55H,6-11,20-25,46-49H2,1-5H3,(H,51,59)(H,52,56)(H,53,58)(H,54,57)/t26-,31+,32+,33+,34+,35?,36+,37-,42-,44+/m1/s1. The van der Waals surface area contributed by atoms with Gasteiger partial charge in [-0.15, -0.1) is 0 Å². The molecule has 2 aromatic carbocycles. The monoisotopic (exact) mass is 848 g/mol. The maximum atomic E-state index is 13.6. The molecule has 2 aromatic rings. The first-order valence-electron chi connectivity index (χ1n) is 22.1. The van der Waals surface area contributed by atoms with Gasteiger partial charge in [-0.2, -0.15) is 0 Å². The molecule has 0 spiro atoms. The predicted octanol–water partition coefficient (Wildman–Crippen LogP) is 1.05. The first-order chi connectivity index (χ1) is 29.0. The van der Waals surface area contributed by atoms with Crippen LogP contribution in [0.25, 0.3) is 11.1 Å².